The van der Waals surface area contributed by atoms with Crippen LogP contribution in [0, 0.1) is 19.8 Å². The van der Waals surface area contributed by atoms with Crippen molar-refractivity contribution in [1.29, 1.82) is 0 Å². The Balaban J connectivity index is 2.15. The van der Waals surface area contributed by atoms with E-state index in [2.05, 4.69) is 29.2 Å². The molecule has 1 N–H and O–H groups in total. The second kappa shape index (κ2) is 6.37. The first kappa shape index (κ1) is 15.0. The van der Waals surface area contributed by atoms with Crippen LogP contribution >= 0.6 is 11.6 Å². The maximum atomic E-state index is 6.35. The number of benzene rings is 1. The SMILES string of the molecule is Cc1nc(C)n(-c2ccc(CNCC(C)C)c(Cl)c2)n1. The second-order valence-corrected chi connectivity index (χ2v) is 5.83. The molecule has 0 fully saturated rings. The summed E-state index contributed by atoms with van der Waals surface area (Å²) in [5, 5.41) is 8.52. The van der Waals surface area contributed by atoms with Crippen molar-refractivity contribution < 1.29 is 0 Å². The molecule has 0 aliphatic heterocycles. The summed E-state index contributed by atoms with van der Waals surface area (Å²) in [5.74, 6) is 2.26. The van der Waals surface area contributed by atoms with Crippen molar-refractivity contribution in [2.75, 3.05) is 6.54 Å². The first-order chi connectivity index (χ1) is 9.47. The molecule has 1 aromatic carbocycles. The van der Waals surface area contributed by atoms with E-state index in [1.165, 1.54) is 0 Å². The van der Waals surface area contributed by atoms with Crippen molar-refractivity contribution in [2.24, 2.45) is 5.92 Å². The average molecular weight is 293 g/mol. The molecule has 0 radical (unpaired) electrons. The number of aromatic nitrogens is 3. The standard InChI is InChI=1S/C15H21ClN4/c1-10(2)8-17-9-13-5-6-14(7-15(13)16)20-12(4)18-11(3)19-20/h5-7,10,17H,8-9H2,1-4H3. The van der Waals surface area contributed by atoms with Crippen LogP contribution in [0.4, 0.5) is 0 Å². The van der Waals surface area contributed by atoms with Crippen molar-refractivity contribution in [2.45, 2.75) is 34.2 Å². The van der Waals surface area contributed by atoms with Crippen LogP contribution in [0.15, 0.2) is 18.2 Å². The normalized spacial score (nSPS) is 11.3. The van der Waals surface area contributed by atoms with Crippen molar-refractivity contribution in [3.63, 3.8) is 0 Å². The van der Waals surface area contributed by atoms with E-state index in [-0.39, 0.29) is 0 Å². The molecule has 20 heavy (non-hydrogen) atoms. The van der Waals surface area contributed by atoms with E-state index in [1.54, 1.807) is 0 Å². The Labute approximate surface area is 125 Å². The van der Waals surface area contributed by atoms with Gasteiger partial charge in [0.1, 0.15) is 11.6 Å². The van der Waals surface area contributed by atoms with Crippen molar-refractivity contribution in [1.82, 2.24) is 20.1 Å². The van der Waals surface area contributed by atoms with Crippen LogP contribution < -0.4 is 5.32 Å². The Morgan fingerprint density at radius 3 is 2.60 bits per heavy atom. The fraction of sp³-hybridized carbons (Fsp3) is 0.467. The van der Waals surface area contributed by atoms with E-state index >= 15 is 0 Å². The van der Waals surface area contributed by atoms with Gasteiger partial charge in [-0.2, -0.15) is 5.10 Å². The lowest BCUT2D eigenvalue weighted by molar-refractivity contribution is 0.552. The van der Waals surface area contributed by atoms with Gasteiger partial charge in [-0.15, -0.1) is 0 Å². The third-order valence-electron chi connectivity index (χ3n) is 3.02. The lowest BCUT2D eigenvalue weighted by Crippen LogP contribution is -2.19. The van der Waals surface area contributed by atoms with Crippen LogP contribution in [0.1, 0.15) is 31.1 Å². The minimum Gasteiger partial charge on any atom is -0.312 e. The molecule has 1 heterocycles. The number of aryl methyl sites for hydroxylation is 2. The van der Waals surface area contributed by atoms with E-state index in [4.69, 9.17) is 11.6 Å². The molecular weight excluding hydrogens is 272 g/mol. The van der Waals surface area contributed by atoms with Crippen molar-refractivity contribution >= 4 is 11.6 Å². The highest BCUT2D eigenvalue weighted by Gasteiger charge is 2.08. The molecule has 5 heteroatoms. The summed E-state index contributed by atoms with van der Waals surface area (Å²) in [7, 11) is 0. The van der Waals surface area contributed by atoms with E-state index in [9.17, 15) is 0 Å². The molecule has 108 valence electrons. The lowest BCUT2D eigenvalue weighted by atomic mass is 10.2. The number of halogens is 1. The summed E-state index contributed by atoms with van der Waals surface area (Å²) in [6.45, 7) is 9.97. The van der Waals surface area contributed by atoms with E-state index in [1.807, 2.05) is 36.7 Å². The number of hydrogen-bond acceptors (Lipinski definition) is 3. The summed E-state index contributed by atoms with van der Waals surface area (Å²) in [6, 6.07) is 6.01. The molecule has 0 spiro atoms. The first-order valence-electron chi connectivity index (χ1n) is 6.87. The molecule has 0 aliphatic carbocycles. The van der Waals surface area contributed by atoms with Crippen LogP contribution in [0.5, 0.6) is 0 Å². The number of nitrogens with zero attached hydrogens (tertiary/aromatic N) is 3. The molecular formula is C15H21ClN4. The zero-order chi connectivity index (χ0) is 14.7. The fourth-order valence-electron chi connectivity index (χ4n) is 2.07. The molecule has 0 atom stereocenters. The van der Waals surface area contributed by atoms with E-state index < -0.39 is 0 Å². The summed E-state index contributed by atoms with van der Waals surface area (Å²) in [5.41, 5.74) is 2.05. The summed E-state index contributed by atoms with van der Waals surface area (Å²) in [4.78, 5) is 4.30. The predicted octanol–water partition coefficient (Wildman–Crippen LogP) is 3.28. The maximum Gasteiger partial charge on any atom is 0.148 e. The van der Waals surface area contributed by atoms with Gasteiger partial charge in [0.2, 0.25) is 0 Å². The lowest BCUT2D eigenvalue weighted by Gasteiger charge is -2.10. The van der Waals surface area contributed by atoms with Crippen LogP contribution in [0.3, 0.4) is 0 Å². The molecule has 0 amide bonds. The highest BCUT2D eigenvalue weighted by atomic mass is 35.5. The predicted molar refractivity (Wildman–Crippen MR) is 82.4 cm³/mol. The molecule has 0 aliphatic rings. The van der Waals surface area contributed by atoms with Crippen LogP contribution in [0.2, 0.25) is 5.02 Å². The molecule has 0 bridgehead atoms. The molecule has 2 aromatic rings. The Morgan fingerprint density at radius 1 is 1.30 bits per heavy atom. The van der Waals surface area contributed by atoms with Gasteiger partial charge in [-0.1, -0.05) is 31.5 Å². The van der Waals surface area contributed by atoms with Gasteiger partial charge in [-0.05, 0) is 44.0 Å². The van der Waals surface area contributed by atoms with Gasteiger partial charge in [0, 0.05) is 11.6 Å². The monoisotopic (exact) mass is 292 g/mol. The average Bonchev–Trinajstić information content (AvgIpc) is 2.70. The molecule has 0 saturated heterocycles. The second-order valence-electron chi connectivity index (χ2n) is 5.42. The number of hydrogen-bond donors (Lipinski definition) is 1. The van der Waals surface area contributed by atoms with Crippen molar-refractivity contribution in [3.05, 3.63) is 40.4 Å². The van der Waals surface area contributed by atoms with Crippen LogP contribution in [-0.2, 0) is 6.54 Å². The Hall–Kier alpha value is -1.39. The summed E-state index contributed by atoms with van der Waals surface area (Å²) >= 11 is 6.35. The van der Waals surface area contributed by atoms with Gasteiger partial charge in [0.05, 0.1) is 5.69 Å². The number of nitrogens with one attached hydrogen (secondary N) is 1. The Kier molecular flexibility index (Phi) is 4.78. The van der Waals surface area contributed by atoms with Crippen LogP contribution in [-0.4, -0.2) is 21.3 Å². The van der Waals surface area contributed by atoms with Gasteiger partial charge < -0.3 is 5.32 Å². The molecule has 1 aromatic heterocycles. The van der Waals surface area contributed by atoms with Gasteiger partial charge in [-0.25, -0.2) is 9.67 Å². The third kappa shape index (κ3) is 3.58. The fourth-order valence-corrected chi connectivity index (χ4v) is 2.31. The maximum absolute atomic E-state index is 6.35. The summed E-state index contributed by atoms with van der Waals surface area (Å²) in [6.07, 6.45) is 0. The zero-order valence-corrected chi connectivity index (χ0v) is 13.2. The summed E-state index contributed by atoms with van der Waals surface area (Å²) < 4.78 is 1.81. The molecule has 0 saturated carbocycles. The minimum absolute atomic E-state index is 0.633. The number of rotatable bonds is 5. The quantitative estimate of drug-likeness (QED) is 0.919. The van der Waals surface area contributed by atoms with Gasteiger partial charge >= 0.3 is 0 Å². The van der Waals surface area contributed by atoms with Gasteiger partial charge in [-0.3, -0.25) is 0 Å². The van der Waals surface area contributed by atoms with Crippen molar-refractivity contribution in [3.8, 4) is 5.69 Å². The smallest absolute Gasteiger partial charge is 0.148 e. The molecule has 2 rings (SSSR count). The first-order valence-corrected chi connectivity index (χ1v) is 7.25. The highest BCUT2D eigenvalue weighted by Crippen LogP contribution is 2.20. The molecule has 0 unspecified atom stereocenters. The van der Waals surface area contributed by atoms with Gasteiger partial charge in [0.25, 0.3) is 0 Å². The minimum atomic E-state index is 0.633. The van der Waals surface area contributed by atoms with Gasteiger partial charge in [0.15, 0.2) is 0 Å². The topological polar surface area (TPSA) is 42.7 Å². The highest BCUT2D eigenvalue weighted by molar-refractivity contribution is 6.31. The van der Waals surface area contributed by atoms with E-state index in [0.717, 1.165) is 41.0 Å². The molecule has 4 nitrogen and oxygen atoms in total. The Bertz CT molecular complexity index is 590. The zero-order valence-electron chi connectivity index (χ0n) is 12.4. The largest absolute Gasteiger partial charge is 0.312 e. The Morgan fingerprint density at radius 2 is 2.05 bits per heavy atom. The van der Waals surface area contributed by atoms with E-state index in [0.29, 0.717) is 5.92 Å². The third-order valence-corrected chi connectivity index (χ3v) is 3.38. The van der Waals surface area contributed by atoms with Crippen LogP contribution in [0.25, 0.3) is 5.69 Å².